The number of nitrogen functional groups attached to an aromatic ring is 1. The van der Waals surface area contributed by atoms with Gasteiger partial charge in [0.2, 0.25) is 0 Å². The van der Waals surface area contributed by atoms with Gasteiger partial charge in [0.15, 0.2) is 0 Å². The summed E-state index contributed by atoms with van der Waals surface area (Å²) in [5.41, 5.74) is 3.08. The van der Waals surface area contributed by atoms with Crippen LogP contribution in [0.1, 0.15) is 43.5 Å². The molecule has 18 heavy (non-hydrogen) atoms. The van der Waals surface area contributed by atoms with Crippen molar-refractivity contribution >= 4 is 11.7 Å². The van der Waals surface area contributed by atoms with Crippen molar-refractivity contribution in [3.63, 3.8) is 0 Å². The Hall–Kier alpha value is -1.62. The molecule has 1 amide bonds. The molecule has 98 valence electrons. The first-order valence-electron chi connectivity index (χ1n) is 6.42. The van der Waals surface area contributed by atoms with E-state index < -0.39 is 0 Å². The summed E-state index contributed by atoms with van der Waals surface area (Å²) in [4.78, 5) is 18.5. The van der Waals surface area contributed by atoms with Crippen LogP contribution in [0.2, 0.25) is 0 Å². The summed E-state index contributed by atoms with van der Waals surface area (Å²) in [6.07, 6.45) is 4.76. The maximum absolute atomic E-state index is 12.5. The Kier molecular flexibility index (Phi) is 3.81. The molecule has 2 rings (SSSR count). The van der Waals surface area contributed by atoms with Crippen molar-refractivity contribution in [1.82, 2.24) is 9.88 Å². The molecule has 1 aromatic heterocycles. The summed E-state index contributed by atoms with van der Waals surface area (Å²) in [6.45, 7) is 4.24. The topological polar surface area (TPSA) is 71.2 Å². The van der Waals surface area contributed by atoms with E-state index in [1.165, 1.54) is 0 Å². The molecular formula is C13H20N4O. The molecule has 5 heteroatoms. The first-order chi connectivity index (χ1) is 8.67. The van der Waals surface area contributed by atoms with Crippen LogP contribution < -0.4 is 11.3 Å². The van der Waals surface area contributed by atoms with Crippen LogP contribution in [0.3, 0.4) is 0 Å². The molecule has 0 aromatic carbocycles. The van der Waals surface area contributed by atoms with Gasteiger partial charge in [-0.3, -0.25) is 4.79 Å². The van der Waals surface area contributed by atoms with Gasteiger partial charge in [-0.15, -0.1) is 0 Å². The molecule has 1 aliphatic rings. The fraction of sp³-hybridized carbons (Fsp3) is 0.538. The van der Waals surface area contributed by atoms with Crippen molar-refractivity contribution in [2.45, 2.75) is 45.2 Å². The summed E-state index contributed by atoms with van der Waals surface area (Å²) in [7, 11) is 0. The molecule has 1 aliphatic heterocycles. The third-order valence-corrected chi connectivity index (χ3v) is 3.65. The Morgan fingerprint density at radius 3 is 2.89 bits per heavy atom. The van der Waals surface area contributed by atoms with E-state index in [2.05, 4.69) is 24.3 Å². The monoisotopic (exact) mass is 248 g/mol. The van der Waals surface area contributed by atoms with Crippen LogP contribution >= 0.6 is 0 Å². The zero-order chi connectivity index (χ0) is 13.1. The van der Waals surface area contributed by atoms with Crippen molar-refractivity contribution < 1.29 is 4.79 Å². The molecular weight excluding hydrogens is 228 g/mol. The highest BCUT2D eigenvalue weighted by molar-refractivity contribution is 5.94. The van der Waals surface area contributed by atoms with Gasteiger partial charge < -0.3 is 10.3 Å². The van der Waals surface area contributed by atoms with Crippen molar-refractivity contribution in [3.05, 3.63) is 23.9 Å². The van der Waals surface area contributed by atoms with Crippen molar-refractivity contribution in [2.24, 2.45) is 5.84 Å². The molecule has 2 unspecified atom stereocenters. The zero-order valence-electron chi connectivity index (χ0n) is 10.9. The number of anilines is 1. The largest absolute Gasteiger partial charge is 0.333 e. The van der Waals surface area contributed by atoms with Crippen molar-refractivity contribution in [3.8, 4) is 0 Å². The lowest BCUT2D eigenvalue weighted by atomic mass is 10.1. The maximum atomic E-state index is 12.5. The summed E-state index contributed by atoms with van der Waals surface area (Å²) in [6, 6.07) is 4.16. The van der Waals surface area contributed by atoms with Crippen LogP contribution in [0.5, 0.6) is 0 Å². The molecule has 5 nitrogen and oxygen atoms in total. The highest BCUT2D eigenvalue weighted by Gasteiger charge is 2.33. The Bertz CT molecular complexity index is 418. The van der Waals surface area contributed by atoms with E-state index in [0.29, 0.717) is 23.5 Å². The lowest BCUT2D eigenvalue weighted by molar-refractivity contribution is 0.0676. The molecule has 0 spiro atoms. The standard InChI is InChI=1S/C13H20N4O/c1-3-11-6-4-9(2)17(11)13(18)10-5-7-12(16-14)15-8-10/h5,7-9,11H,3-4,6,14H2,1-2H3,(H,15,16). The molecule has 0 bridgehead atoms. The second-order valence-corrected chi connectivity index (χ2v) is 4.78. The minimum Gasteiger partial charge on any atom is -0.333 e. The van der Waals surface area contributed by atoms with Gasteiger partial charge in [0.25, 0.3) is 5.91 Å². The highest BCUT2D eigenvalue weighted by Crippen LogP contribution is 2.27. The lowest BCUT2D eigenvalue weighted by Crippen LogP contribution is -2.39. The van der Waals surface area contributed by atoms with E-state index in [9.17, 15) is 4.79 Å². The molecule has 2 heterocycles. The molecule has 2 atom stereocenters. The molecule has 0 aliphatic carbocycles. The molecule has 0 radical (unpaired) electrons. The van der Waals surface area contributed by atoms with Gasteiger partial charge in [0.1, 0.15) is 5.82 Å². The first-order valence-corrected chi connectivity index (χ1v) is 6.42. The predicted molar refractivity (Wildman–Crippen MR) is 71.0 cm³/mol. The molecule has 1 saturated heterocycles. The number of nitrogens with zero attached hydrogens (tertiary/aromatic N) is 2. The Morgan fingerprint density at radius 1 is 1.56 bits per heavy atom. The molecule has 0 saturated carbocycles. The third kappa shape index (κ3) is 2.31. The van der Waals surface area contributed by atoms with E-state index in [1.54, 1.807) is 18.3 Å². The van der Waals surface area contributed by atoms with Crippen LogP contribution in [0, 0.1) is 0 Å². The number of amides is 1. The van der Waals surface area contributed by atoms with E-state index in [-0.39, 0.29) is 5.91 Å². The summed E-state index contributed by atoms with van der Waals surface area (Å²) < 4.78 is 0. The minimum atomic E-state index is 0.0721. The number of nitrogens with two attached hydrogens (primary N) is 1. The fourth-order valence-corrected chi connectivity index (χ4v) is 2.59. The van der Waals surface area contributed by atoms with E-state index in [0.717, 1.165) is 19.3 Å². The van der Waals surface area contributed by atoms with Gasteiger partial charge in [-0.2, -0.15) is 0 Å². The van der Waals surface area contributed by atoms with Crippen molar-refractivity contribution in [2.75, 3.05) is 5.43 Å². The smallest absolute Gasteiger partial charge is 0.255 e. The number of hydrogen-bond acceptors (Lipinski definition) is 4. The quantitative estimate of drug-likeness (QED) is 0.631. The number of rotatable bonds is 3. The second kappa shape index (κ2) is 5.35. The Labute approximate surface area is 107 Å². The number of carbonyl (C=O) groups excluding carboxylic acids is 1. The maximum Gasteiger partial charge on any atom is 0.255 e. The van der Waals surface area contributed by atoms with Gasteiger partial charge in [-0.1, -0.05) is 6.92 Å². The normalized spacial score (nSPS) is 23.2. The van der Waals surface area contributed by atoms with Crippen molar-refractivity contribution in [1.29, 1.82) is 0 Å². The van der Waals surface area contributed by atoms with E-state index in [4.69, 9.17) is 5.84 Å². The van der Waals surface area contributed by atoms with Crippen LogP contribution in [0.4, 0.5) is 5.82 Å². The van der Waals surface area contributed by atoms with Gasteiger partial charge >= 0.3 is 0 Å². The predicted octanol–water partition coefficient (Wildman–Crippen LogP) is 1.77. The van der Waals surface area contributed by atoms with E-state index >= 15 is 0 Å². The van der Waals surface area contributed by atoms with Gasteiger partial charge in [0, 0.05) is 18.3 Å². The number of carbonyl (C=O) groups is 1. The zero-order valence-corrected chi connectivity index (χ0v) is 10.9. The molecule has 1 aromatic rings. The summed E-state index contributed by atoms with van der Waals surface area (Å²) in [5.74, 6) is 5.89. The van der Waals surface area contributed by atoms with Gasteiger partial charge in [0.05, 0.1) is 5.56 Å². The fourth-order valence-electron chi connectivity index (χ4n) is 2.59. The third-order valence-electron chi connectivity index (χ3n) is 3.65. The number of nitrogens with one attached hydrogen (secondary N) is 1. The van der Waals surface area contributed by atoms with E-state index in [1.807, 2.05) is 4.90 Å². The summed E-state index contributed by atoms with van der Waals surface area (Å²) >= 11 is 0. The Balaban J connectivity index is 2.18. The van der Waals surface area contributed by atoms with Crippen LogP contribution in [-0.4, -0.2) is 27.9 Å². The summed E-state index contributed by atoms with van der Waals surface area (Å²) in [5, 5.41) is 0. The minimum absolute atomic E-state index is 0.0721. The number of likely N-dealkylation sites (tertiary alicyclic amines) is 1. The number of hydrazine groups is 1. The van der Waals surface area contributed by atoms with Crippen LogP contribution in [-0.2, 0) is 0 Å². The number of pyridine rings is 1. The SMILES string of the molecule is CCC1CCC(C)N1C(=O)c1ccc(NN)nc1. The van der Waals surface area contributed by atoms with Gasteiger partial charge in [-0.25, -0.2) is 10.8 Å². The highest BCUT2D eigenvalue weighted by atomic mass is 16.2. The number of hydrogen-bond donors (Lipinski definition) is 2. The molecule has 1 fully saturated rings. The Morgan fingerprint density at radius 2 is 2.33 bits per heavy atom. The van der Waals surface area contributed by atoms with Crippen LogP contribution in [0.15, 0.2) is 18.3 Å². The lowest BCUT2D eigenvalue weighted by Gasteiger charge is -2.28. The van der Waals surface area contributed by atoms with Gasteiger partial charge in [-0.05, 0) is 38.3 Å². The second-order valence-electron chi connectivity index (χ2n) is 4.78. The molecule has 3 N–H and O–H groups in total. The average molecular weight is 248 g/mol. The average Bonchev–Trinajstić information content (AvgIpc) is 2.79. The first kappa shape index (κ1) is 12.8. The van der Waals surface area contributed by atoms with Crippen LogP contribution in [0.25, 0.3) is 0 Å². The number of aromatic nitrogens is 1.